The minimum Gasteiger partial charge on any atom is -0.325 e. The number of hydrogen-bond acceptors (Lipinski definition) is 4. The van der Waals surface area contributed by atoms with E-state index >= 15 is 0 Å². The maximum absolute atomic E-state index is 5.65. The van der Waals surface area contributed by atoms with Gasteiger partial charge in [0.2, 0.25) is 0 Å². The molecule has 66 valence electrons. The van der Waals surface area contributed by atoms with Gasteiger partial charge in [-0.15, -0.1) is 0 Å². The average Bonchev–Trinajstić information content (AvgIpc) is 2.33. The summed E-state index contributed by atoms with van der Waals surface area (Å²) in [7, 11) is 1.90. The van der Waals surface area contributed by atoms with E-state index in [9.17, 15) is 0 Å². The molecule has 1 saturated heterocycles. The van der Waals surface area contributed by atoms with Crippen molar-refractivity contribution in [2.75, 3.05) is 13.1 Å². The van der Waals surface area contributed by atoms with Crippen molar-refractivity contribution in [3.05, 3.63) is 12.2 Å². The van der Waals surface area contributed by atoms with Gasteiger partial charge in [-0.2, -0.15) is 5.10 Å². The van der Waals surface area contributed by atoms with Crippen LogP contribution in [0.3, 0.4) is 0 Å². The summed E-state index contributed by atoms with van der Waals surface area (Å²) in [5, 5.41) is 3.99. The topological polar surface area (TPSA) is 60.0 Å². The first-order chi connectivity index (χ1) is 5.75. The maximum atomic E-state index is 5.65. The molecular weight excluding hydrogens is 154 g/mol. The van der Waals surface area contributed by atoms with Gasteiger partial charge < -0.3 is 5.73 Å². The molecule has 0 saturated carbocycles. The SMILES string of the molecule is Cn1ncnc1CN1CC(N)C1. The van der Waals surface area contributed by atoms with Crippen LogP contribution in [-0.2, 0) is 13.6 Å². The molecule has 2 N–H and O–H groups in total. The lowest BCUT2D eigenvalue weighted by Gasteiger charge is -2.36. The molecule has 0 spiro atoms. The Morgan fingerprint density at radius 1 is 1.67 bits per heavy atom. The van der Waals surface area contributed by atoms with Gasteiger partial charge in [0.1, 0.15) is 12.2 Å². The first kappa shape index (κ1) is 7.70. The third kappa shape index (κ3) is 1.33. The minimum atomic E-state index is 0.359. The second-order valence-corrected chi connectivity index (χ2v) is 3.25. The van der Waals surface area contributed by atoms with Crippen LogP contribution in [0.2, 0.25) is 0 Å². The molecule has 1 aliphatic heterocycles. The Bertz CT molecular complexity index is 263. The van der Waals surface area contributed by atoms with E-state index in [-0.39, 0.29) is 0 Å². The highest BCUT2D eigenvalue weighted by molar-refractivity contribution is 4.89. The van der Waals surface area contributed by atoms with Crippen molar-refractivity contribution in [2.24, 2.45) is 12.8 Å². The molecule has 5 nitrogen and oxygen atoms in total. The van der Waals surface area contributed by atoms with Crippen molar-refractivity contribution in [1.82, 2.24) is 19.7 Å². The van der Waals surface area contributed by atoms with E-state index in [1.54, 1.807) is 11.0 Å². The van der Waals surface area contributed by atoms with E-state index in [1.807, 2.05) is 7.05 Å². The number of nitrogens with zero attached hydrogens (tertiary/aromatic N) is 4. The third-order valence-corrected chi connectivity index (χ3v) is 2.16. The summed E-state index contributed by atoms with van der Waals surface area (Å²) in [4.78, 5) is 6.39. The van der Waals surface area contributed by atoms with Gasteiger partial charge in [0.05, 0.1) is 6.54 Å². The lowest BCUT2D eigenvalue weighted by atomic mass is 10.1. The van der Waals surface area contributed by atoms with E-state index in [2.05, 4.69) is 15.0 Å². The van der Waals surface area contributed by atoms with Crippen molar-refractivity contribution in [2.45, 2.75) is 12.6 Å². The van der Waals surface area contributed by atoms with Gasteiger partial charge in [-0.3, -0.25) is 9.58 Å². The number of rotatable bonds is 2. The number of hydrogen-bond donors (Lipinski definition) is 1. The Hall–Kier alpha value is -0.940. The molecule has 2 heterocycles. The molecule has 1 aromatic heterocycles. The Morgan fingerprint density at radius 3 is 2.92 bits per heavy atom. The number of aromatic nitrogens is 3. The van der Waals surface area contributed by atoms with Crippen molar-refractivity contribution < 1.29 is 0 Å². The van der Waals surface area contributed by atoms with Crippen LogP contribution in [-0.4, -0.2) is 38.8 Å². The summed E-state index contributed by atoms with van der Waals surface area (Å²) in [5.74, 6) is 1.00. The van der Waals surface area contributed by atoms with Gasteiger partial charge in [-0.05, 0) is 0 Å². The summed E-state index contributed by atoms with van der Waals surface area (Å²) < 4.78 is 1.80. The summed E-state index contributed by atoms with van der Waals surface area (Å²) in [6.07, 6.45) is 1.58. The highest BCUT2D eigenvalue weighted by atomic mass is 15.3. The van der Waals surface area contributed by atoms with Gasteiger partial charge in [-0.25, -0.2) is 4.98 Å². The molecular formula is C7H13N5. The predicted octanol–water partition coefficient (Wildman–Crippen LogP) is -1.04. The second-order valence-electron chi connectivity index (χ2n) is 3.25. The van der Waals surface area contributed by atoms with Crippen LogP contribution >= 0.6 is 0 Å². The first-order valence-electron chi connectivity index (χ1n) is 4.06. The third-order valence-electron chi connectivity index (χ3n) is 2.16. The molecule has 1 fully saturated rings. The van der Waals surface area contributed by atoms with Crippen molar-refractivity contribution in [3.63, 3.8) is 0 Å². The first-order valence-corrected chi connectivity index (χ1v) is 4.06. The van der Waals surface area contributed by atoms with Gasteiger partial charge in [0.25, 0.3) is 0 Å². The normalized spacial score (nSPS) is 19.5. The van der Waals surface area contributed by atoms with E-state index in [4.69, 9.17) is 5.73 Å². The molecule has 0 atom stereocenters. The molecule has 1 aromatic rings. The van der Waals surface area contributed by atoms with Crippen LogP contribution in [0.25, 0.3) is 0 Å². The zero-order valence-electron chi connectivity index (χ0n) is 7.14. The molecule has 0 amide bonds. The molecule has 0 aliphatic carbocycles. The highest BCUT2D eigenvalue weighted by Crippen LogP contribution is 2.08. The minimum absolute atomic E-state index is 0.359. The fourth-order valence-corrected chi connectivity index (χ4v) is 1.40. The summed E-state index contributed by atoms with van der Waals surface area (Å²) >= 11 is 0. The molecule has 0 radical (unpaired) electrons. The van der Waals surface area contributed by atoms with Crippen LogP contribution < -0.4 is 5.73 Å². The molecule has 0 bridgehead atoms. The Kier molecular flexibility index (Phi) is 1.82. The lowest BCUT2D eigenvalue weighted by Crippen LogP contribution is -2.55. The van der Waals surface area contributed by atoms with E-state index < -0.39 is 0 Å². The Labute approximate surface area is 71.2 Å². The fourth-order valence-electron chi connectivity index (χ4n) is 1.40. The molecule has 12 heavy (non-hydrogen) atoms. The summed E-state index contributed by atoms with van der Waals surface area (Å²) in [5.41, 5.74) is 5.65. The van der Waals surface area contributed by atoms with E-state index in [0.717, 1.165) is 25.5 Å². The molecule has 1 aliphatic rings. The van der Waals surface area contributed by atoms with E-state index in [1.165, 1.54) is 0 Å². The Morgan fingerprint density at radius 2 is 2.42 bits per heavy atom. The number of aryl methyl sites for hydroxylation is 1. The zero-order valence-corrected chi connectivity index (χ0v) is 7.14. The standard InChI is InChI=1S/C7H13N5/c1-11-7(9-5-10-11)4-12-2-6(8)3-12/h5-6H,2-4,8H2,1H3. The maximum Gasteiger partial charge on any atom is 0.140 e. The fraction of sp³-hybridized carbons (Fsp3) is 0.714. The molecule has 0 unspecified atom stereocenters. The summed E-state index contributed by atoms with van der Waals surface area (Å²) in [6, 6.07) is 0.359. The van der Waals surface area contributed by atoms with Gasteiger partial charge in [0.15, 0.2) is 0 Å². The smallest absolute Gasteiger partial charge is 0.140 e. The number of nitrogens with two attached hydrogens (primary N) is 1. The quantitative estimate of drug-likeness (QED) is 0.611. The van der Waals surface area contributed by atoms with Crippen LogP contribution in [0, 0.1) is 0 Å². The Balaban J connectivity index is 1.92. The van der Waals surface area contributed by atoms with Crippen LogP contribution in [0.5, 0.6) is 0 Å². The van der Waals surface area contributed by atoms with Crippen molar-refractivity contribution >= 4 is 0 Å². The monoisotopic (exact) mass is 167 g/mol. The van der Waals surface area contributed by atoms with Gasteiger partial charge in [-0.1, -0.05) is 0 Å². The van der Waals surface area contributed by atoms with Crippen LogP contribution in [0.15, 0.2) is 6.33 Å². The van der Waals surface area contributed by atoms with Crippen molar-refractivity contribution in [3.8, 4) is 0 Å². The van der Waals surface area contributed by atoms with Crippen LogP contribution in [0.4, 0.5) is 0 Å². The van der Waals surface area contributed by atoms with Gasteiger partial charge in [0, 0.05) is 26.2 Å². The van der Waals surface area contributed by atoms with Crippen molar-refractivity contribution in [1.29, 1.82) is 0 Å². The van der Waals surface area contributed by atoms with Crippen LogP contribution in [0.1, 0.15) is 5.82 Å². The number of likely N-dealkylation sites (tertiary alicyclic amines) is 1. The average molecular weight is 167 g/mol. The molecule has 2 rings (SSSR count). The van der Waals surface area contributed by atoms with Gasteiger partial charge >= 0.3 is 0 Å². The molecule has 5 heteroatoms. The highest BCUT2D eigenvalue weighted by Gasteiger charge is 2.23. The zero-order chi connectivity index (χ0) is 8.55. The van der Waals surface area contributed by atoms with E-state index in [0.29, 0.717) is 6.04 Å². The molecule has 0 aromatic carbocycles. The predicted molar refractivity (Wildman–Crippen MR) is 44.3 cm³/mol. The second kappa shape index (κ2) is 2.84. The summed E-state index contributed by atoms with van der Waals surface area (Å²) in [6.45, 7) is 2.82. The largest absolute Gasteiger partial charge is 0.325 e. The lowest BCUT2D eigenvalue weighted by molar-refractivity contribution is 0.137.